The van der Waals surface area contributed by atoms with Gasteiger partial charge < -0.3 is 28.7 Å². The van der Waals surface area contributed by atoms with Gasteiger partial charge in [0.15, 0.2) is 4.80 Å². The minimum absolute atomic E-state index is 0.376. The maximum absolute atomic E-state index is 12.2. The first kappa shape index (κ1) is 30.5. The van der Waals surface area contributed by atoms with Crippen LogP contribution < -0.4 is 30.9 Å². The van der Waals surface area contributed by atoms with Gasteiger partial charge >= 0.3 is 0 Å². The van der Waals surface area contributed by atoms with Crippen LogP contribution >= 0.6 is 11.3 Å². The van der Waals surface area contributed by atoms with Gasteiger partial charge in [0, 0.05) is 52.4 Å². The molecule has 0 atom stereocenters. The second-order valence-corrected chi connectivity index (χ2v) is 11.3. The zero-order valence-corrected chi connectivity index (χ0v) is 26.0. The van der Waals surface area contributed by atoms with Crippen LogP contribution in [0.25, 0.3) is 21.3 Å². The molecule has 12 nitrogen and oxygen atoms in total. The SMILES string of the molecule is CN=c1sc2cc(C(=O)NN)cc(OC)c2n1C/C=C/Cn1c(NC)nc2cc(C)cc(OCCCN3CCOCC3)c21. The van der Waals surface area contributed by atoms with E-state index >= 15 is 0 Å². The molecular weight excluding hydrogens is 568 g/mol. The molecular formula is C30H40N8O4S. The molecule has 1 aliphatic heterocycles. The number of hydrogen-bond acceptors (Lipinski definition) is 10. The number of carbonyl (C=O) groups excluding carboxylic acids is 1. The number of hydrogen-bond donors (Lipinski definition) is 3. The van der Waals surface area contributed by atoms with Crippen LogP contribution in [0.2, 0.25) is 0 Å². The number of amides is 1. The van der Waals surface area contributed by atoms with Crippen LogP contribution in [-0.4, -0.2) is 85.6 Å². The number of aromatic nitrogens is 3. The number of aryl methyl sites for hydroxylation is 1. The summed E-state index contributed by atoms with van der Waals surface area (Å²) in [7, 11) is 5.23. The normalized spacial score (nSPS) is 14.7. The lowest BCUT2D eigenvalue weighted by molar-refractivity contribution is 0.0358. The molecule has 230 valence electrons. The molecule has 0 bridgehead atoms. The van der Waals surface area contributed by atoms with E-state index < -0.39 is 0 Å². The monoisotopic (exact) mass is 608 g/mol. The maximum atomic E-state index is 12.2. The molecule has 2 aromatic carbocycles. The molecule has 4 aromatic rings. The first-order valence-corrected chi connectivity index (χ1v) is 15.2. The van der Waals surface area contributed by atoms with Gasteiger partial charge in [0.2, 0.25) is 5.95 Å². The summed E-state index contributed by atoms with van der Waals surface area (Å²) in [5.41, 5.74) is 6.46. The molecule has 0 aliphatic carbocycles. The van der Waals surface area contributed by atoms with E-state index in [9.17, 15) is 4.79 Å². The highest BCUT2D eigenvalue weighted by atomic mass is 32.1. The molecule has 4 N–H and O–H groups in total. The number of carbonyl (C=O) groups is 1. The van der Waals surface area contributed by atoms with Crippen LogP contribution in [0.5, 0.6) is 11.5 Å². The summed E-state index contributed by atoms with van der Waals surface area (Å²) >= 11 is 1.49. The molecule has 1 saturated heterocycles. The van der Waals surface area contributed by atoms with Crippen LogP contribution in [-0.2, 0) is 17.8 Å². The minimum Gasteiger partial charge on any atom is -0.494 e. The number of thiazole rings is 1. The standard InChI is InChI=1S/C30H40N8O4S/c1-20-16-22-26(24(17-20)42-13-7-8-36-11-14-41-15-12-36)37(29(32-2)34-22)9-5-6-10-38-27-23(40-4)18-21(28(39)35-31)19-25(27)43-30(38)33-3/h5-6,16-19H,7-15,31H2,1-4H3,(H,32,34)(H,35,39)/b6-5+,33-30?. The van der Waals surface area contributed by atoms with Gasteiger partial charge in [-0.1, -0.05) is 23.5 Å². The van der Waals surface area contributed by atoms with Gasteiger partial charge in [0.25, 0.3) is 5.91 Å². The van der Waals surface area contributed by atoms with E-state index in [0.29, 0.717) is 31.0 Å². The number of imidazole rings is 1. The van der Waals surface area contributed by atoms with Crippen molar-refractivity contribution in [2.45, 2.75) is 26.4 Å². The summed E-state index contributed by atoms with van der Waals surface area (Å²) in [6.45, 7) is 8.42. The van der Waals surface area contributed by atoms with E-state index in [-0.39, 0.29) is 5.91 Å². The Morgan fingerprint density at radius 2 is 1.91 bits per heavy atom. The Labute approximate surface area is 254 Å². The third-order valence-corrected chi connectivity index (χ3v) is 8.56. The molecule has 1 amide bonds. The summed E-state index contributed by atoms with van der Waals surface area (Å²) in [5.74, 6) is 7.18. The van der Waals surface area contributed by atoms with E-state index in [2.05, 4.69) is 61.0 Å². The predicted molar refractivity (Wildman–Crippen MR) is 170 cm³/mol. The zero-order valence-electron chi connectivity index (χ0n) is 25.2. The quantitative estimate of drug-likeness (QED) is 0.0736. The predicted octanol–water partition coefficient (Wildman–Crippen LogP) is 2.90. The van der Waals surface area contributed by atoms with Gasteiger partial charge in [-0.3, -0.25) is 20.1 Å². The highest BCUT2D eigenvalue weighted by molar-refractivity contribution is 7.16. The smallest absolute Gasteiger partial charge is 0.265 e. The van der Waals surface area contributed by atoms with Crippen molar-refractivity contribution in [3.8, 4) is 11.5 Å². The van der Waals surface area contributed by atoms with Crippen molar-refractivity contribution in [1.29, 1.82) is 0 Å². The molecule has 5 rings (SSSR count). The van der Waals surface area contributed by atoms with Gasteiger partial charge in [-0.05, 0) is 43.2 Å². The minimum atomic E-state index is -0.376. The van der Waals surface area contributed by atoms with Crippen LogP contribution in [0.15, 0.2) is 41.4 Å². The van der Waals surface area contributed by atoms with Crippen molar-refractivity contribution in [3.63, 3.8) is 0 Å². The third-order valence-electron chi connectivity index (χ3n) is 7.44. The Hall–Kier alpha value is -3.91. The Morgan fingerprint density at radius 1 is 1.14 bits per heavy atom. The average molecular weight is 609 g/mol. The number of nitrogens with zero attached hydrogens (tertiary/aromatic N) is 5. The molecule has 1 aliphatic rings. The van der Waals surface area contributed by atoms with Crippen LogP contribution in [0, 0.1) is 6.92 Å². The lowest BCUT2D eigenvalue weighted by atomic mass is 10.2. The van der Waals surface area contributed by atoms with Gasteiger partial charge in [-0.2, -0.15) is 0 Å². The number of nitrogens with two attached hydrogens (primary N) is 1. The summed E-state index contributed by atoms with van der Waals surface area (Å²) in [6, 6.07) is 7.68. The van der Waals surface area contributed by atoms with Gasteiger partial charge in [-0.25, -0.2) is 10.8 Å². The van der Waals surface area contributed by atoms with Crippen LogP contribution in [0.4, 0.5) is 5.95 Å². The van der Waals surface area contributed by atoms with E-state index in [1.54, 1.807) is 26.3 Å². The van der Waals surface area contributed by atoms with Crippen molar-refractivity contribution < 1.29 is 19.0 Å². The summed E-state index contributed by atoms with van der Waals surface area (Å²) < 4.78 is 22.6. The second kappa shape index (κ2) is 14.0. The second-order valence-electron chi connectivity index (χ2n) is 10.3. The fraction of sp³-hybridized carbons (Fsp3) is 0.433. The number of hydrazine groups is 1. The molecule has 43 heavy (non-hydrogen) atoms. The fourth-order valence-corrected chi connectivity index (χ4v) is 6.44. The molecule has 3 heterocycles. The van der Waals surface area contributed by atoms with Crippen molar-refractivity contribution >= 4 is 44.4 Å². The van der Waals surface area contributed by atoms with Crippen LogP contribution in [0.3, 0.4) is 0 Å². The maximum Gasteiger partial charge on any atom is 0.265 e. The van der Waals surface area contributed by atoms with Crippen molar-refractivity contribution in [2.75, 3.05) is 66.0 Å². The Balaban J connectivity index is 1.37. The lowest BCUT2D eigenvalue weighted by Crippen LogP contribution is -2.37. The van der Waals surface area contributed by atoms with E-state index in [0.717, 1.165) is 82.6 Å². The number of anilines is 1. The largest absolute Gasteiger partial charge is 0.494 e. The number of ether oxygens (including phenoxy) is 3. The van der Waals surface area contributed by atoms with E-state index in [4.69, 9.17) is 25.0 Å². The fourth-order valence-electron chi connectivity index (χ4n) is 5.38. The molecule has 0 unspecified atom stereocenters. The molecule has 1 fully saturated rings. The Bertz CT molecular complexity index is 1680. The number of nitrogens with one attached hydrogen (secondary N) is 2. The number of morpholine rings is 1. The molecule has 0 saturated carbocycles. The summed E-state index contributed by atoms with van der Waals surface area (Å²) in [6.07, 6.45) is 5.16. The van der Waals surface area contributed by atoms with E-state index in [1.165, 1.54) is 11.3 Å². The number of methoxy groups -OCH3 is 1. The molecule has 0 spiro atoms. The number of allylic oxidation sites excluding steroid dienone is 2. The number of rotatable bonds is 12. The molecule has 0 radical (unpaired) electrons. The van der Waals surface area contributed by atoms with Gasteiger partial charge in [0.1, 0.15) is 22.5 Å². The number of benzene rings is 2. The Kier molecular flexibility index (Phi) is 9.97. The topological polar surface area (TPSA) is 133 Å². The lowest BCUT2D eigenvalue weighted by Gasteiger charge is -2.26. The zero-order chi connectivity index (χ0) is 30.3. The Morgan fingerprint density at radius 3 is 2.60 bits per heavy atom. The highest BCUT2D eigenvalue weighted by Crippen LogP contribution is 2.32. The van der Waals surface area contributed by atoms with Gasteiger partial charge in [0.05, 0.1) is 37.1 Å². The van der Waals surface area contributed by atoms with Crippen molar-refractivity contribution in [3.05, 3.63) is 52.3 Å². The van der Waals surface area contributed by atoms with Crippen LogP contribution in [0.1, 0.15) is 22.3 Å². The number of nitrogen functional groups attached to an aromatic ring is 1. The first-order valence-electron chi connectivity index (χ1n) is 14.4. The number of fused-ring (bicyclic) bond motifs is 2. The average Bonchev–Trinajstić information content (AvgIpc) is 3.58. The summed E-state index contributed by atoms with van der Waals surface area (Å²) in [5, 5.41) is 3.24. The highest BCUT2D eigenvalue weighted by Gasteiger charge is 2.17. The first-order chi connectivity index (χ1) is 21.0. The molecule has 2 aromatic heterocycles. The van der Waals surface area contributed by atoms with E-state index in [1.807, 2.05) is 7.05 Å². The summed E-state index contributed by atoms with van der Waals surface area (Å²) in [4.78, 5) is 24.7. The third kappa shape index (κ3) is 6.69. The van der Waals surface area contributed by atoms with Gasteiger partial charge in [-0.15, -0.1) is 0 Å². The molecule has 13 heteroatoms. The van der Waals surface area contributed by atoms with Crippen molar-refractivity contribution in [1.82, 2.24) is 24.4 Å². The van der Waals surface area contributed by atoms with Crippen molar-refractivity contribution in [2.24, 2.45) is 10.8 Å².